The Kier molecular flexibility index (Phi) is 12.1. The Hall–Kier alpha value is -2.57. The van der Waals surface area contributed by atoms with Gasteiger partial charge in [0.1, 0.15) is 11.2 Å². The zero-order valence-corrected chi connectivity index (χ0v) is 21.8. The van der Waals surface area contributed by atoms with Crippen LogP contribution in [0.15, 0.2) is 6.20 Å². The van der Waals surface area contributed by atoms with Crippen molar-refractivity contribution in [2.24, 2.45) is 0 Å². The van der Waals surface area contributed by atoms with E-state index in [9.17, 15) is 9.59 Å². The number of carbonyl (C=O) groups is 2. The number of aryl methyl sites for hydroxylation is 1. The number of hydrogen-bond donors (Lipinski definition) is 0. The lowest BCUT2D eigenvalue weighted by molar-refractivity contribution is 0.0508. The quantitative estimate of drug-likeness (QED) is 0.314. The SMILES string of the molecule is C#CCCCCCc1cn(C(=O)OC(C)(C)C)c(N(CCOCCOC)C(=O)OC(C)(C)C)n1. The molecular formula is C25H41N3O6. The normalized spacial score (nSPS) is 11.7. The molecule has 1 aromatic rings. The fourth-order valence-corrected chi connectivity index (χ4v) is 2.87. The van der Waals surface area contributed by atoms with Crippen LogP contribution in [-0.2, 0) is 25.4 Å². The second-order valence-corrected chi connectivity index (χ2v) is 9.88. The first-order valence-electron chi connectivity index (χ1n) is 11.7. The van der Waals surface area contributed by atoms with Crippen LogP contribution in [0.1, 0.15) is 72.9 Å². The number of hydrogen-bond acceptors (Lipinski definition) is 7. The number of imidazole rings is 1. The number of nitrogens with zero attached hydrogens (tertiary/aromatic N) is 3. The average Bonchev–Trinajstić information content (AvgIpc) is 3.12. The number of unbranched alkanes of at least 4 members (excludes halogenated alkanes) is 3. The molecule has 1 heterocycles. The maximum Gasteiger partial charge on any atom is 0.421 e. The Balaban J connectivity index is 3.22. The highest BCUT2D eigenvalue weighted by atomic mass is 16.6. The van der Waals surface area contributed by atoms with Crippen LogP contribution in [0.3, 0.4) is 0 Å². The van der Waals surface area contributed by atoms with E-state index in [1.165, 1.54) is 9.47 Å². The molecule has 0 aliphatic rings. The van der Waals surface area contributed by atoms with Gasteiger partial charge in [0, 0.05) is 19.7 Å². The minimum atomic E-state index is -0.727. The number of aromatic nitrogens is 2. The summed E-state index contributed by atoms with van der Waals surface area (Å²) in [5.74, 6) is 2.77. The summed E-state index contributed by atoms with van der Waals surface area (Å²) in [6.45, 7) is 11.8. The third kappa shape index (κ3) is 11.5. The van der Waals surface area contributed by atoms with Crippen molar-refractivity contribution in [3.8, 4) is 12.3 Å². The van der Waals surface area contributed by atoms with Crippen LogP contribution in [-0.4, -0.2) is 66.4 Å². The number of rotatable bonds is 12. The second kappa shape index (κ2) is 14.0. The van der Waals surface area contributed by atoms with Crippen molar-refractivity contribution in [1.29, 1.82) is 0 Å². The number of terminal acetylenes is 1. The molecule has 192 valence electrons. The molecule has 34 heavy (non-hydrogen) atoms. The minimum absolute atomic E-state index is 0.137. The summed E-state index contributed by atoms with van der Waals surface area (Å²) in [6, 6.07) is 0. The molecule has 9 nitrogen and oxygen atoms in total. The van der Waals surface area contributed by atoms with E-state index in [1.807, 2.05) is 0 Å². The van der Waals surface area contributed by atoms with E-state index in [0.29, 0.717) is 25.3 Å². The summed E-state index contributed by atoms with van der Waals surface area (Å²) in [5.41, 5.74) is -0.765. The highest BCUT2D eigenvalue weighted by Crippen LogP contribution is 2.22. The average molecular weight is 480 g/mol. The first-order chi connectivity index (χ1) is 15.9. The summed E-state index contributed by atoms with van der Waals surface area (Å²) in [4.78, 5) is 32.0. The van der Waals surface area contributed by atoms with Crippen molar-refractivity contribution in [2.45, 2.75) is 84.8 Å². The predicted molar refractivity (Wildman–Crippen MR) is 131 cm³/mol. The Morgan fingerprint density at radius 1 is 1.03 bits per heavy atom. The highest BCUT2D eigenvalue weighted by molar-refractivity contribution is 5.88. The molecule has 0 aliphatic carbocycles. The van der Waals surface area contributed by atoms with Gasteiger partial charge in [0.15, 0.2) is 0 Å². The van der Waals surface area contributed by atoms with Crippen molar-refractivity contribution < 1.29 is 28.5 Å². The Morgan fingerprint density at radius 3 is 2.29 bits per heavy atom. The number of methoxy groups -OCH3 is 1. The lowest BCUT2D eigenvalue weighted by Gasteiger charge is -2.27. The van der Waals surface area contributed by atoms with Gasteiger partial charge in [-0.3, -0.25) is 0 Å². The topological polar surface area (TPSA) is 92.1 Å². The van der Waals surface area contributed by atoms with Crippen molar-refractivity contribution >= 4 is 18.1 Å². The summed E-state index contributed by atoms with van der Waals surface area (Å²) >= 11 is 0. The molecule has 0 spiro atoms. The molecule has 0 fully saturated rings. The highest BCUT2D eigenvalue weighted by Gasteiger charge is 2.30. The molecule has 0 radical (unpaired) electrons. The van der Waals surface area contributed by atoms with Gasteiger partial charge in [-0.15, -0.1) is 12.3 Å². The van der Waals surface area contributed by atoms with Gasteiger partial charge in [-0.1, -0.05) is 6.42 Å². The molecule has 0 unspecified atom stereocenters. The number of ether oxygens (including phenoxy) is 4. The zero-order valence-electron chi connectivity index (χ0n) is 21.8. The molecule has 0 N–H and O–H groups in total. The fourth-order valence-electron chi connectivity index (χ4n) is 2.87. The van der Waals surface area contributed by atoms with Crippen molar-refractivity contribution in [1.82, 2.24) is 9.55 Å². The van der Waals surface area contributed by atoms with Crippen LogP contribution in [0.25, 0.3) is 0 Å². The largest absolute Gasteiger partial charge is 0.443 e. The third-order valence-corrected chi connectivity index (χ3v) is 4.33. The molecule has 1 aromatic heterocycles. The van der Waals surface area contributed by atoms with Crippen molar-refractivity contribution in [2.75, 3.05) is 38.4 Å². The molecule has 9 heteroatoms. The Bertz CT molecular complexity index is 814. The van der Waals surface area contributed by atoms with Gasteiger partial charge >= 0.3 is 12.2 Å². The minimum Gasteiger partial charge on any atom is -0.443 e. The van der Waals surface area contributed by atoms with Crippen LogP contribution in [0.5, 0.6) is 0 Å². The van der Waals surface area contributed by atoms with Crippen LogP contribution < -0.4 is 4.90 Å². The summed E-state index contributed by atoms with van der Waals surface area (Å²) in [5, 5.41) is 0. The Labute approximate surface area is 204 Å². The van der Waals surface area contributed by atoms with E-state index in [-0.39, 0.29) is 19.1 Å². The van der Waals surface area contributed by atoms with Gasteiger partial charge in [0.05, 0.1) is 32.1 Å². The van der Waals surface area contributed by atoms with Gasteiger partial charge in [-0.25, -0.2) is 24.0 Å². The molecule has 0 bridgehead atoms. The standard InChI is InChI=1S/C25H41N3O6/c1-9-10-11-12-13-14-20-19-28(23(30)34-25(5,6)7)21(26-20)27(15-16-32-18-17-31-8)22(29)33-24(2,3)4/h1,19H,10-18H2,2-8H3. The zero-order chi connectivity index (χ0) is 25.8. The first kappa shape index (κ1) is 29.5. The molecule has 0 atom stereocenters. The Morgan fingerprint density at radius 2 is 1.71 bits per heavy atom. The van der Waals surface area contributed by atoms with E-state index >= 15 is 0 Å². The van der Waals surface area contributed by atoms with E-state index in [0.717, 1.165) is 25.7 Å². The smallest absolute Gasteiger partial charge is 0.421 e. The summed E-state index contributed by atoms with van der Waals surface area (Å²) in [7, 11) is 1.59. The van der Waals surface area contributed by atoms with Crippen LogP contribution in [0.4, 0.5) is 15.5 Å². The van der Waals surface area contributed by atoms with Crippen LogP contribution in [0, 0.1) is 12.3 Å². The van der Waals surface area contributed by atoms with Gasteiger partial charge in [-0.05, 0) is 60.8 Å². The van der Waals surface area contributed by atoms with Gasteiger partial charge in [0.25, 0.3) is 0 Å². The third-order valence-electron chi connectivity index (χ3n) is 4.33. The maximum atomic E-state index is 13.1. The first-order valence-corrected chi connectivity index (χ1v) is 11.7. The molecule has 0 aliphatic heterocycles. The van der Waals surface area contributed by atoms with Crippen molar-refractivity contribution in [3.63, 3.8) is 0 Å². The van der Waals surface area contributed by atoms with Crippen LogP contribution >= 0.6 is 0 Å². The molecular weight excluding hydrogens is 438 g/mol. The number of amides is 1. The van der Waals surface area contributed by atoms with E-state index in [1.54, 1.807) is 54.8 Å². The molecule has 1 rings (SSSR count). The predicted octanol–water partition coefficient (Wildman–Crippen LogP) is 4.81. The van der Waals surface area contributed by atoms with Gasteiger partial charge < -0.3 is 18.9 Å². The van der Waals surface area contributed by atoms with Crippen LogP contribution in [0.2, 0.25) is 0 Å². The molecule has 0 saturated heterocycles. The lowest BCUT2D eigenvalue weighted by Crippen LogP contribution is -2.41. The fraction of sp³-hybridized carbons (Fsp3) is 0.720. The molecule has 1 amide bonds. The molecule has 0 aromatic carbocycles. The van der Waals surface area contributed by atoms with Crippen molar-refractivity contribution in [3.05, 3.63) is 11.9 Å². The maximum absolute atomic E-state index is 13.1. The lowest BCUT2D eigenvalue weighted by atomic mass is 10.1. The number of anilines is 1. The summed E-state index contributed by atoms with van der Waals surface area (Å²) in [6.07, 6.45) is 9.79. The van der Waals surface area contributed by atoms with E-state index < -0.39 is 23.4 Å². The van der Waals surface area contributed by atoms with Gasteiger partial charge in [0.2, 0.25) is 5.95 Å². The van der Waals surface area contributed by atoms with Gasteiger partial charge in [-0.2, -0.15) is 0 Å². The summed E-state index contributed by atoms with van der Waals surface area (Å²) < 4.78 is 23.0. The van der Waals surface area contributed by atoms with E-state index in [4.69, 9.17) is 25.4 Å². The molecule has 0 saturated carbocycles. The monoisotopic (exact) mass is 479 g/mol. The van der Waals surface area contributed by atoms with E-state index in [2.05, 4.69) is 10.9 Å². The number of carbonyl (C=O) groups excluding carboxylic acids is 2. The second-order valence-electron chi connectivity index (χ2n) is 9.88.